The van der Waals surface area contributed by atoms with E-state index in [-0.39, 0.29) is 5.54 Å². The Morgan fingerprint density at radius 1 is 1.38 bits per heavy atom. The summed E-state index contributed by atoms with van der Waals surface area (Å²) < 4.78 is 0. The van der Waals surface area contributed by atoms with Gasteiger partial charge in [-0.05, 0) is 38.0 Å². The molecule has 0 rings (SSSR count). The van der Waals surface area contributed by atoms with Gasteiger partial charge in [-0.2, -0.15) is 17.0 Å². The highest BCUT2D eigenvalue weighted by Gasteiger charge is 2.21. The molecule has 0 aliphatic carbocycles. The van der Waals surface area contributed by atoms with E-state index in [4.69, 9.17) is 5.26 Å². The molecular weight excluding hydrogens is 216 g/mol. The molecule has 2 atom stereocenters. The van der Waals surface area contributed by atoms with E-state index in [1.54, 1.807) is 0 Å². The zero-order valence-corrected chi connectivity index (χ0v) is 12.2. The van der Waals surface area contributed by atoms with E-state index in [1.165, 1.54) is 0 Å². The average Bonchev–Trinajstić information content (AvgIpc) is 2.24. The van der Waals surface area contributed by atoms with Crippen molar-refractivity contribution < 1.29 is 0 Å². The number of nitrogens with one attached hydrogen (secondary N) is 1. The molecule has 94 valence electrons. The van der Waals surface area contributed by atoms with Gasteiger partial charge in [0.05, 0.1) is 6.07 Å². The van der Waals surface area contributed by atoms with E-state index in [1.807, 2.05) is 25.6 Å². The smallest absolute Gasteiger partial charge is 0.103 e. The molecule has 0 aliphatic rings. The van der Waals surface area contributed by atoms with Gasteiger partial charge >= 0.3 is 0 Å². The highest BCUT2D eigenvalue weighted by atomic mass is 32.2. The minimum absolute atomic E-state index is 0.337. The van der Waals surface area contributed by atoms with Crippen molar-refractivity contribution >= 4 is 11.8 Å². The molecule has 0 bridgehead atoms. The Bertz CT molecular complexity index is 222. The number of nitriles is 1. The molecule has 0 aromatic heterocycles. The summed E-state index contributed by atoms with van der Waals surface area (Å²) in [6.45, 7) is 11.7. The molecule has 0 aromatic rings. The van der Waals surface area contributed by atoms with E-state index >= 15 is 0 Å². The van der Waals surface area contributed by atoms with Gasteiger partial charge in [0.15, 0.2) is 0 Å². The van der Waals surface area contributed by atoms with Crippen LogP contribution < -0.4 is 5.32 Å². The predicted octanol–water partition coefficient (Wildman–Crippen LogP) is 3.44. The van der Waals surface area contributed by atoms with Crippen LogP contribution in [0.15, 0.2) is 0 Å². The van der Waals surface area contributed by atoms with E-state index in [0.717, 1.165) is 31.1 Å². The molecule has 3 heteroatoms. The Morgan fingerprint density at radius 2 is 2.00 bits per heavy atom. The highest BCUT2D eigenvalue weighted by Crippen LogP contribution is 2.21. The van der Waals surface area contributed by atoms with Crippen LogP contribution in [-0.4, -0.2) is 23.1 Å². The SMILES string of the molecule is CCNC(C)(C#N)CCCSC(C)C(C)C. The van der Waals surface area contributed by atoms with Crippen LogP contribution in [0.25, 0.3) is 0 Å². The minimum Gasteiger partial charge on any atom is -0.300 e. The molecule has 2 unspecified atom stereocenters. The maximum Gasteiger partial charge on any atom is 0.103 e. The Hall–Kier alpha value is -0.200. The van der Waals surface area contributed by atoms with Gasteiger partial charge in [0.25, 0.3) is 0 Å². The van der Waals surface area contributed by atoms with Crippen LogP contribution in [-0.2, 0) is 0 Å². The van der Waals surface area contributed by atoms with E-state index in [2.05, 4.69) is 32.2 Å². The number of hydrogen-bond donors (Lipinski definition) is 1. The van der Waals surface area contributed by atoms with Crippen LogP contribution in [0.2, 0.25) is 0 Å². The maximum absolute atomic E-state index is 9.09. The van der Waals surface area contributed by atoms with Crippen LogP contribution >= 0.6 is 11.8 Å². The molecular formula is C13H26N2S. The summed E-state index contributed by atoms with van der Waals surface area (Å²) in [4.78, 5) is 0. The van der Waals surface area contributed by atoms with Crippen molar-refractivity contribution in [1.82, 2.24) is 5.32 Å². The van der Waals surface area contributed by atoms with E-state index in [9.17, 15) is 0 Å². The van der Waals surface area contributed by atoms with Gasteiger partial charge in [-0.3, -0.25) is 5.32 Å². The summed E-state index contributed by atoms with van der Waals surface area (Å²) in [5, 5.41) is 13.1. The summed E-state index contributed by atoms with van der Waals surface area (Å²) in [5.41, 5.74) is -0.337. The molecule has 0 saturated carbocycles. The van der Waals surface area contributed by atoms with Crippen molar-refractivity contribution in [2.24, 2.45) is 5.92 Å². The van der Waals surface area contributed by atoms with Gasteiger partial charge in [0.2, 0.25) is 0 Å². The van der Waals surface area contributed by atoms with Gasteiger partial charge in [-0.1, -0.05) is 27.7 Å². The van der Waals surface area contributed by atoms with E-state index in [0.29, 0.717) is 5.25 Å². The Morgan fingerprint density at radius 3 is 2.44 bits per heavy atom. The first-order valence-corrected chi connectivity index (χ1v) is 7.28. The van der Waals surface area contributed by atoms with Gasteiger partial charge < -0.3 is 0 Å². The summed E-state index contributed by atoms with van der Waals surface area (Å²) in [6, 6.07) is 2.37. The minimum atomic E-state index is -0.337. The van der Waals surface area contributed by atoms with Gasteiger partial charge in [0.1, 0.15) is 5.54 Å². The standard InChI is InChI=1S/C13H26N2S/c1-6-15-13(5,10-14)8-7-9-16-12(4)11(2)3/h11-12,15H,6-9H2,1-5H3. The lowest BCUT2D eigenvalue weighted by Crippen LogP contribution is -2.40. The molecule has 0 fully saturated rings. The van der Waals surface area contributed by atoms with Crippen molar-refractivity contribution in [2.45, 2.75) is 58.2 Å². The first kappa shape index (κ1) is 15.8. The molecule has 0 aliphatic heterocycles. The van der Waals surface area contributed by atoms with Crippen molar-refractivity contribution in [1.29, 1.82) is 5.26 Å². The quantitative estimate of drug-likeness (QED) is 0.662. The first-order chi connectivity index (χ1) is 7.45. The van der Waals surface area contributed by atoms with Crippen molar-refractivity contribution in [3.8, 4) is 6.07 Å². The predicted molar refractivity (Wildman–Crippen MR) is 73.7 cm³/mol. The van der Waals surface area contributed by atoms with E-state index < -0.39 is 0 Å². The Kier molecular flexibility index (Phi) is 7.87. The van der Waals surface area contributed by atoms with Crippen LogP contribution in [0.3, 0.4) is 0 Å². The first-order valence-electron chi connectivity index (χ1n) is 6.23. The third-order valence-electron chi connectivity index (χ3n) is 2.95. The lowest BCUT2D eigenvalue weighted by atomic mass is 9.98. The van der Waals surface area contributed by atoms with Crippen LogP contribution in [0.1, 0.15) is 47.5 Å². The van der Waals surface area contributed by atoms with Gasteiger partial charge in [-0.15, -0.1) is 0 Å². The average molecular weight is 242 g/mol. The third-order valence-corrected chi connectivity index (χ3v) is 4.55. The second-order valence-corrected chi connectivity index (χ2v) is 6.38. The maximum atomic E-state index is 9.09. The number of nitrogens with zero attached hydrogens (tertiary/aromatic N) is 1. The fraction of sp³-hybridized carbons (Fsp3) is 0.923. The van der Waals surface area contributed by atoms with Crippen molar-refractivity contribution in [2.75, 3.05) is 12.3 Å². The van der Waals surface area contributed by atoms with Gasteiger partial charge in [0, 0.05) is 5.25 Å². The fourth-order valence-corrected chi connectivity index (χ4v) is 2.53. The fourth-order valence-electron chi connectivity index (χ4n) is 1.46. The molecule has 2 nitrogen and oxygen atoms in total. The zero-order valence-electron chi connectivity index (χ0n) is 11.3. The monoisotopic (exact) mass is 242 g/mol. The largest absolute Gasteiger partial charge is 0.300 e. The summed E-state index contributed by atoms with van der Waals surface area (Å²) in [6.07, 6.45) is 2.05. The highest BCUT2D eigenvalue weighted by molar-refractivity contribution is 7.99. The molecule has 0 saturated heterocycles. The van der Waals surface area contributed by atoms with Crippen LogP contribution in [0.4, 0.5) is 0 Å². The van der Waals surface area contributed by atoms with Crippen LogP contribution in [0.5, 0.6) is 0 Å². The molecule has 16 heavy (non-hydrogen) atoms. The summed E-state index contributed by atoms with van der Waals surface area (Å²) >= 11 is 2.02. The third kappa shape index (κ3) is 6.40. The molecule has 1 N–H and O–H groups in total. The summed E-state index contributed by atoms with van der Waals surface area (Å²) in [5.74, 6) is 1.89. The second kappa shape index (κ2) is 7.97. The topological polar surface area (TPSA) is 35.8 Å². The number of thioether (sulfide) groups is 1. The summed E-state index contributed by atoms with van der Waals surface area (Å²) in [7, 11) is 0. The second-order valence-electron chi connectivity index (χ2n) is 4.90. The van der Waals surface area contributed by atoms with Crippen LogP contribution in [0, 0.1) is 17.2 Å². The molecule has 0 radical (unpaired) electrons. The molecule has 0 heterocycles. The Labute approximate surface area is 105 Å². The molecule has 0 spiro atoms. The lowest BCUT2D eigenvalue weighted by Gasteiger charge is -2.22. The zero-order chi connectivity index (χ0) is 12.6. The molecule has 0 amide bonds. The van der Waals surface area contributed by atoms with Gasteiger partial charge in [-0.25, -0.2) is 0 Å². The normalized spacial score (nSPS) is 16.8. The number of rotatable bonds is 8. The molecule has 0 aromatic carbocycles. The number of hydrogen-bond acceptors (Lipinski definition) is 3. The van der Waals surface area contributed by atoms with Crippen molar-refractivity contribution in [3.05, 3.63) is 0 Å². The van der Waals surface area contributed by atoms with Crippen molar-refractivity contribution in [3.63, 3.8) is 0 Å². The Balaban J connectivity index is 3.76. The lowest BCUT2D eigenvalue weighted by molar-refractivity contribution is 0.426.